The lowest BCUT2D eigenvalue weighted by Gasteiger charge is -2.21. The summed E-state index contributed by atoms with van der Waals surface area (Å²) in [5.74, 6) is -1.30. The molecule has 164 valence electrons. The molecule has 1 amide bonds. The van der Waals surface area contributed by atoms with Crippen LogP contribution in [0.1, 0.15) is 31.1 Å². The maximum absolute atomic E-state index is 12.7. The van der Waals surface area contributed by atoms with Gasteiger partial charge in [-0.3, -0.25) is 4.79 Å². The zero-order chi connectivity index (χ0) is 22.9. The van der Waals surface area contributed by atoms with Gasteiger partial charge in [-0.05, 0) is 50.2 Å². The molecule has 2 rings (SSSR count). The zero-order valence-corrected chi connectivity index (χ0v) is 19.3. The van der Waals surface area contributed by atoms with E-state index in [2.05, 4.69) is 5.32 Å². The van der Waals surface area contributed by atoms with Crippen molar-refractivity contribution in [2.24, 2.45) is 0 Å². The second-order valence-corrected chi connectivity index (χ2v) is 11.5. The molecule has 0 heterocycles. The van der Waals surface area contributed by atoms with Crippen molar-refractivity contribution in [2.75, 3.05) is 18.1 Å². The predicted molar refractivity (Wildman–Crippen MR) is 115 cm³/mol. The van der Waals surface area contributed by atoms with E-state index in [9.17, 15) is 26.7 Å². The summed E-state index contributed by atoms with van der Waals surface area (Å²) in [5, 5.41) is 12.4. The molecule has 0 spiro atoms. The molecule has 11 heteroatoms. The summed E-state index contributed by atoms with van der Waals surface area (Å²) in [6.07, 6.45) is 0. The highest BCUT2D eigenvalue weighted by Crippen LogP contribution is 2.29. The second-order valence-electron chi connectivity index (χ2n) is 6.79. The van der Waals surface area contributed by atoms with Crippen LogP contribution < -0.4 is 5.32 Å². The van der Waals surface area contributed by atoms with Crippen LogP contribution in [-0.2, 0) is 19.9 Å². The minimum absolute atomic E-state index is 0.00419. The van der Waals surface area contributed by atoms with Gasteiger partial charge in [-0.25, -0.2) is 16.8 Å². The average Bonchev–Trinajstić information content (AvgIpc) is 2.68. The summed E-state index contributed by atoms with van der Waals surface area (Å²) < 4.78 is 50.7. The van der Waals surface area contributed by atoms with E-state index in [0.717, 1.165) is 22.5 Å². The van der Waals surface area contributed by atoms with Gasteiger partial charge in [0.15, 0.2) is 9.84 Å². The molecule has 0 atom stereocenters. The fourth-order valence-corrected chi connectivity index (χ4v) is 4.95. The van der Waals surface area contributed by atoms with Crippen molar-refractivity contribution in [3.05, 3.63) is 47.0 Å². The van der Waals surface area contributed by atoms with Gasteiger partial charge in [-0.15, -0.1) is 0 Å². The van der Waals surface area contributed by atoms with Crippen LogP contribution in [0, 0.1) is 0 Å². The Morgan fingerprint density at radius 1 is 1.10 bits per heavy atom. The van der Waals surface area contributed by atoms with Gasteiger partial charge in [-0.1, -0.05) is 18.5 Å². The van der Waals surface area contributed by atoms with Gasteiger partial charge in [0.1, 0.15) is 5.75 Å². The Morgan fingerprint density at radius 3 is 2.27 bits per heavy atom. The molecular weight excluding hydrogens is 452 g/mol. The third-order valence-corrected chi connectivity index (χ3v) is 8.63. The zero-order valence-electron chi connectivity index (χ0n) is 16.9. The first-order chi connectivity index (χ1) is 13.8. The van der Waals surface area contributed by atoms with Gasteiger partial charge in [0, 0.05) is 13.1 Å². The van der Waals surface area contributed by atoms with E-state index in [0.29, 0.717) is 0 Å². The number of sulfone groups is 1. The number of phenols is 1. The van der Waals surface area contributed by atoms with Crippen LogP contribution in [0.4, 0.5) is 5.69 Å². The number of carbonyl (C=O) groups is 1. The molecule has 30 heavy (non-hydrogen) atoms. The molecule has 0 aromatic heterocycles. The number of anilines is 1. The molecule has 2 aromatic carbocycles. The third-order valence-electron chi connectivity index (χ3n) is 4.54. The molecule has 0 aliphatic rings. The molecule has 0 aliphatic heterocycles. The topological polar surface area (TPSA) is 121 Å². The summed E-state index contributed by atoms with van der Waals surface area (Å²) in [6, 6.07) is 6.92. The maximum Gasteiger partial charge on any atom is 0.257 e. The normalized spacial score (nSPS) is 12.4. The standard InChI is InChI=1S/C19H23ClN2O6S2/c1-5-29(25,26)13-7-9-18(23)17(11-13)21-19(24)15-10-14(6-8-16(15)20)30(27,28)22(4)12(2)3/h6-12,23H,5H2,1-4H3,(H,21,24). The van der Waals surface area contributed by atoms with E-state index >= 15 is 0 Å². The van der Waals surface area contributed by atoms with Gasteiger partial charge < -0.3 is 10.4 Å². The molecule has 0 bridgehead atoms. The summed E-state index contributed by atoms with van der Waals surface area (Å²) in [4.78, 5) is 12.5. The first-order valence-electron chi connectivity index (χ1n) is 8.96. The second kappa shape index (κ2) is 8.93. The Kier molecular flexibility index (Phi) is 7.18. The van der Waals surface area contributed by atoms with Crippen LogP contribution in [0.2, 0.25) is 5.02 Å². The van der Waals surface area contributed by atoms with Crippen LogP contribution in [0.15, 0.2) is 46.2 Å². The number of amides is 1. The van der Waals surface area contributed by atoms with Gasteiger partial charge >= 0.3 is 0 Å². The number of halogens is 1. The van der Waals surface area contributed by atoms with Crippen LogP contribution in [0.5, 0.6) is 5.75 Å². The summed E-state index contributed by atoms with van der Waals surface area (Å²) in [5.41, 5.74) is -0.281. The smallest absolute Gasteiger partial charge is 0.257 e. The van der Waals surface area contributed by atoms with E-state index in [-0.39, 0.29) is 43.6 Å². The number of hydrogen-bond acceptors (Lipinski definition) is 6. The first kappa shape index (κ1) is 24.1. The van der Waals surface area contributed by atoms with Crippen molar-refractivity contribution in [1.82, 2.24) is 4.31 Å². The summed E-state index contributed by atoms with van der Waals surface area (Å²) in [7, 11) is -6.00. The third kappa shape index (κ3) is 4.94. The maximum atomic E-state index is 12.7. The quantitative estimate of drug-likeness (QED) is 0.594. The van der Waals surface area contributed by atoms with Crippen LogP contribution in [0.3, 0.4) is 0 Å². The number of aromatic hydroxyl groups is 1. The van der Waals surface area contributed by atoms with Crippen LogP contribution in [-0.4, -0.2) is 51.0 Å². The van der Waals surface area contributed by atoms with Crippen LogP contribution in [0.25, 0.3) is 0 Å². The Bertz CT molecular complexity index is 1180. The lowest BCUT2D eigenvalue weighted by Crippen LogP contribution is -2.33. The molecule has 2 aromatic rings. The molecule has 8 nitrogen and oxygen atoms in total. The molecule has 0 fully saturated rings. The van der Waals surface area contributed by atoms with Crippen molar-refractivity contribution >= 4 is 43.1 Å². The lowest BCUT2D eigenvalue weighted by molar-refractivity contribution is 0.102. The highest BCUT2D eigenvalue weighted by Gasteiger charge is 2.25. The van der Waals surface area contributed by atoms with E-state index in [1.165, 1.54) is 32.2 Å². The highest BCUT2D eigenvalue weighted by molar-refractivity contribution is 7.91. The minimum atomic E-state index is -3.86. The van der Waals surface area contributed by atoms with Crippen molar-refractivity contribution < 1.29 is 26.7 Å². The number of sulfonamides is 1. The molecule has 2 N–H and O–H groups in total. The van der Waals surface area contributed by atoms with Crippen molar-refractivity contribution in [3.63, 3.8) is 0 Å². The molecule has 0 unspecified atom stereocenters. The SMILES string of the molecule is CCS(=O)(=O)c1ccc(O)c(NC(=O)c2cc(S(=O)(=O)N(C)C(C)C)ccc2Cl)c1. The van der Waals surface area contributed by atoms with Gasteiger partial charge in [0.2, 0.25) is 10.0 Å². The van der Waals surface area contributed by atoms with Gasteiger partial charge in [-0.2, -0.15) is 4.31 Å². The Morgan fingerprint density at radius 2 is 1.70 bits per heavy atom. The lowest BCUT2D eigenvalue weighted by atomic mass is 10.2. The summed E-state index contributed by atoms with van der Waals surface area (Å²) >= 11 is 6.09. The minimum Gasteiger partial charge on any atom is -0.506 e. The number of hydrogen-bond donors (Lipinski definition) is 2. The highest BCUT2D eigenvalue weighted by atomic mass is 35.5. The van der Waals surface area contributed by atoms with Crippen LogP contribution >= 0.6 is 11.6 Å². The van der Waals surface area contributed by atoms with E-state index in [1.54, 1.807) is 13.8 Å². The molecule has 0 saturated heterocycles. The van der Waals surface area contributed by atoms with Gasteiger partial charge in [0.25, 0.3) is 5.91 Å². The molecule has 0 radical (unpaired) electrons. The predicted octanol–water partition coefficient (Wildman–Crippen LogP) is 3.12. The van der Waals surface area contributed by atoms with Crippen molar-refractivity contribution in [2.45, 2.75) is 36.6 Å². The number of benzene rings is 2. The van der Waals surface area contributed by atoms with Crippen molar-refractivity contribution in [1.29, 1.82) is 0 Å². The Balaban J connectivity index is 2.45. The van der Waals surface area contributed by atoms with E-state index < -0.39 is 25.8 Å². The first-order valence-corrected chi connectivity index (χ1v) is 12.4. The molecule has 0 saturated carbocycles. The Labute approximate surface area is 181 Å². The van der Waals surface area contributed by atoms with E-state index in [1.807, 2.05) is 0 Å². The van der Waals surface area contributed by atoms with Crippen molar-refractivity contribution in [3.8, 4) is 5.75 Å². The van der Waals surface area contributed by atoms with E-state index in [4.69, 9.17) is 11.6 Å². The number of phenolic OH excluding ortho intramolecular Hbond substituents is 1. The monoisotopic (exact) mass is 474 g/mol. The largest absolute Gasteiger partial charge is 0.506 e. The number of nitrogens with zero attached hydrogens (tertiary/aromatic N) is 1. The molecular formula is C19H23ClN2O6S2. The number of nitrogens with one attached hydrogen (secondary N) is 1. The van der Waals surface area contributed by atoms with Gasteiger partial charge in [0.05, 0.1) is 31.8 Å². The number of carbonyl (C=O) groups excluding carboxylic acids is 1. The average molecular weight is 475 g/mol. The fraction of sp³-hybridized carbons (Fsp3) is 0.316. The number of rotatable bonds is 7. The molecule has 0 aliphatic carbocycles. The Hall–Kier alpha value is -2.14. The summed E-state index contributed by atoms with van der Waals surface area (Å²) in [6.45, 7) is 4.89. The fourth-order valence-electron chi connectivity index (χ4n) is 2.45.